The standard InChI is InChI=1S/C22H29N5O3/c1-4-12-28-18-10-6-5-9-17(18)21-24-25-22(29-21)27-11-7-8-16(14-27)20-23-19(26-30-20)13-15(2)3/h5-6,9-10,15-16H,4,7-8,11-14H2,1-3H3. The van der Waals surface area contributed by atoms with Crippen molar-refractivity contribution < 1.29 is 13.7 Å². The predicted octanol–water partition coefficient (Wildman–Crippen LogP) is 4.49. The van der Waals surface area contributed by atoms with Crippen LogP contribution < -0.4 is 9.64 Å². The van der Waals surface area contributed by atoms with Gasteiger partial charge in [0, 0.05) is 19.5 Å². The van der Waals surface area contributed by atoms with Gasteiger partial charge in [0.1, 0.15) is 5.75 Å². The van der Waals surface area contributed by atoms with Gasteiger partial charge in [-0.3, -0.25) is 0 Å². The van der Waals surface area contributed by atoms with Crippen LogP contribution in [0.5, 0.6) is 5.75 Å². The fourth-order valence-corrected chi connectivity index (χ4v) is 3.67. The van der Waals surface area contributed by atoms with Crippen molar-refractivity contribution in [3.63, 3.8) is 0 Å². The molecule has 8 nitrogen and oxygen atoms in total. The third-order valence-electron chi connectivity index (χ3n) is 5.11. The second kappa shape index (κ2) is 9.28. The minimum Gasteiger partial charge on any atom is -0.493 e. The molecule has 160 valence electrons. The molecule has 4 rings (SSSR count). The smallest absolute Gasteiger partial charge is 0.318 e. The first-order chi connectivity index (χ1) is 14.6. The van der Waals surface area contributed by atoms with Crippen molar-refractivity contribution in [2.24, 2.45) is 5.92 Å². The number of hydrogen-bond donors (Lipinski definition) is 0. The number of aromatic nitrogens is 4. The molecule has 30 heavy (non-hydrogen) atoms. The van der Waals surface area contributed by atoms with Crippen LogP contribution in [0.1, 0.15) is 57.7 Å². The highest BCUT2D eigenvalue weighted by Crippen LogP contribution is 2.33. The Morgan fingerprint density at radius 3 is 2.93 bits per heavy atom. The van der Waals surface area contributed by atoms with Gasteiger partial charge in [-0.2, -0.15) is 4.98 Å². The summed E-state index contributed by atoms with van der Waals surface area (Å²) < 4.78 is 17.4. The van der Waals surface area contributed by atoms with Crippen LogP contribution in [0.25, 0.3) is 11.5 Å². The maximum atomic E-state index is 6.03. The van der Waals surface area contributed by atoms with Gasteiger partial charge < -0.3 is 18.6 Å². The van der Waals surface area contributed by atoms with Crippen LogP contribution >= 0.6 is 0 Å². The molecule has 1 saturated heterocycles. The minimum atomic E-state index is 0.169. The number of para-hydroxylation sites is 1. The van der Waals surface area contributed by atoms with Gasteiger partial charge in [0.15, 0.2) is 5.82 Å². The van der Waals surface area contributed by atoms with Crippen molar-refractivity contribution in [3.05, 3.63) is 36.0 Å². The molecule has 0 saturated carbocycles. The number of rotatable bonds is 8. The summed E-state index contributed by atoms with van der Waals surface area (Å²) >= 11 is 0. The molecule has 2 aromatic heterocycles. The lowest BCUT2D eigenvalue weighted by molar-refractivity contribution is 0.317. The van der Waals surface area contributed by atoms with Gasteiger partial charge in [0.2, 0.25) is 5.89 Å². The van der Waals surface area contributed by atoms with Crippen LogP contribution in [0.15, 0.2) is 33.2 Å². The summed E-state index contributed by atoms with van der Waals surface area (Å²) in [5, 5.41) is 12.7. The molecule has 3 heterocycles. The van der Waals surface area contributed by atoms with Gasteiger partial charge in [-0.25, -0.2) is 0 Å². The average molecular weight is 412 g/mol. The van der Waals surface area contributed by atoms with Crippen LogP contribution in [0.4, 0.5) is 6.01 Å². The quantitative estimate of drug-likeness (QED) is 0.535. The summed E-state index contributed by atoms with van der Waals surface area (Å²) in [6.45, 7) is 8.61. The second-order valence-corrected chi connectivity index (χ2v) is 8.17. The molecule has 1 aromatic carbocycles. The Balaban J connectivity index is 1.48. The van der Waals surface area contributed by atoms with Crippen LogP contribution in [-0.2, 0) is 6.42 Å². The highest BCUT2D eigenvalue weighted by atomic mass is 16.5. The zero-order valence-corrected chi connectivity index (χ0v) is 17.9. The highest BCUT2D eigenvalue weighted by molar-refractivity contribution is 5.62. The molecule has 1 aliphatic heterocycles. The predicted molar refractivity (Wildman–Crippen MR) is 113 cm³/mol. The Labute approximate surface area is 176 Å². The van der Waals surface area contributed by atoms with Crippen LogP contribution in [0.3, 0.4) is 0 Å². The first-order valence-corrected chi connectivity index (χ1v) is 10.8. The maximum absolute atomic E-state index is 6.03. The molecule has 8 heteroatoms. The van der Waals surface area contributed by atoms with E-state index in [-0.39, 0.29) is 5.92 Å². The SMILES string of the molecule is CCCOc1ccccc1-c1nnc(N2CCCC(c3nc(CC(C)C)no3)C2)o1. The van der Waals surface area contributed by atoms with E-state index in [0.29, 0.717) is 30.3 Å². The maximum Gasteiger partial charge on any atom is 0.318 e. The van der Waals surface area contributed by atoms with Crippen molar-refractivity contribution in [3.8, 4) is 17.2 Å². The molecule has 3 aromatic rings. The number of piperidine rings is 1. The number of benzene rings is 1. The average Bonchev–Trinajstić information content (AvgIpc) is 3.42. The lowest BCUT2D eigenvalue weighted by Gasteiger charge is -2.29. The Bertz CT molecular complexity index is 952. The van der Waals surface area contributed by atoms with E-state index >= 15 is 0 Å². The Kier molecular flexibility index (Phi) is 6.30. The fourth-order valence-electron chi connectivity index (χ4n) is 3.67. The van der Waals surface area contributed by atoms with E-state index in [0.717, 1.165) is 55.9 Å². The van der Waals surface area contributed by atoms with Gasteiger partial charge >= 0.3 is 6.01 Å². The van der Waals surface area contributed by atoms with E-state index in [4.69, 9.17) is 13.7 Å². The Morgan fingerprint density at radius 2 is 2.10 bits per heavy atom. The van der Waals surface area contributed by atoms with Crippen molar-refractivity contribution in [2.75, 3.05) is 24.6 Å². The lowest BCUT2D eigenvalue weighted by Crippen LogP contribution is -2.34. The summed E-state index contributed by atoms with van der Waals surface area (Å²) in [6.07, 6.45) is 3.77. The van der Waals surface area contributed by atoms with Gasteiger partial charge in [0.05, 0.1) is 18.1 Å². The molecule has 0 N–H and O–H groups in total. The lowest BCUT2D eigenvalue weighted by atomic mass is 9.98. The molecule has 0 radical (unpaired) electrons. The summed E-state index contributed by atoms with van der Waals surface area (Å²) in [4.78, 5) is 6.71. The molecule has 0 aliphatic carbocycles. The van der Waals surface area contributed by atoms with Crippen LogP contribution in [0.2, 0.25) is 0 Å². The first kappa shape index (κ1) is 20.4. The van der Waals surface area contributed by atoms with Gasteiger partial charge in [-0.05, 0) is 37.3 Å². The first-order valence-electron chi connectivity index (χ1n) is 10.8. The van der Waals surface area contributed by atoms with Gasteiger partial charge in [0.25, 0.3) is 5.89 Å². The van der Waals surface area contributed by atoms with Crippen molar-refractivity contribution in [1.82, 2.24) is 20.3 Å². The van der Waals surface area contributed by atoms with E-state index in [2.05, 4.69) is 46.0 Å². The molecular formula is C22H29N5O3. The van der Waals surface area contributed by atoms with Gasteiger partial charge in [-0.1, -0.05) is 43.2 Å². The Hall–Kier alpha value is -2.90. The monoisotopic (exact) mass is 411 g/mol. The second-order valence-electron chi connectivity index (χ2n) is 8.17. The minimum absolute atomic E-state index is 0.169. The molecule has 0 bridgehead atoms. The van der Waals surface area contributed by atoms with Crippen molar-refractivity contribution in [1.29, 1.82) is 0 Å². The highest BCUT2D eigenvalue weighted by Gasteiger charge is 2.29. The zero-order chi connectivity index (χ0) is 20.9. The molecule has 1 unspecified atom stereocenters. The van der Waals surface area contributed by atoms with Crippen molar-refractivity contribution >= 4 is 6.01 Å². The molecular weight excluding hydrogens is 382 g/mol. The van der Waals surface area contributed by atoms with E-state index < -0.39 is 0 Å². The molecule has 1 atom stereocenters. The Morgan fingerprint density at radius 1 is 1.23 bits per heavy atom. The van der Waals surface area contributed by atoms with Crippen LogP contribution in [0, 0.1) is 5.92 Å². The third-order valence-corrected chi connectivity index (χ3v) is 5.11. The fraction of sp³-hybridized carbons (Fsp3) is 0.545. The zero-order valence-electron chi connectivity index (χ0n) is 17.9. The van der Waals surface area contributed by atoms with Crippen molar-refractivity contribution in [2.45, 2.75) is 52.4 Å². The molecule has 0 amide bonds. The summed E-state index contributed by atoms with van der Waals surface area (Å²) in [5.74, 6) is 3.38. The summed E-state index contributed by atoms with van der Waals surface area (Å²) in [6, 6.07) is 8.27. The molecule has 1 fully saturated rings. The van der Waals surface area contributed by atoms with E-state index in [1.165, 1.54) is 0 Å². The molecule has 1 aliphatic rings. The van der Waals surface area contributed by atoms with Crippen LogP contribution in [-0.4, -0.2) is 40.0 Å². The topological polar surface area (TPSA) is 90.3 Å². The molecule has 0 spiro atoms. The summed E-state index contributed by atoms with van der Waals surface area (Å²) in [5.41, 5.74) is 0.813. The number of nitrogens with zero attached hydrogens (tertiary/aromatic N) is 5. The number of hydrogen-bond acceptors (Lipinski definition) is 8. The largest absolute Gasteiger partial charge is 0.493 e. The van der Waals surface area contributed by atoms with E-state index in [1.54, 1.807) is 0 Å². The number of ether oxygens (including phenoxy) is 1. The third kappa shape index (κ3) is 4.63. The number of anilines is 1. The van der Waals surface area contributed by atoms with E-state index in [9.17, 15) is 0 Å². The van der Waals surface area contributed by atoms with E-state index in [1.807, 2.05) is 24.3 Å². The summed E-state index contributed by atoms with van der Waals surface area (Å²) in [7, 11) is 0. The normalized spacial score (nSPS) is 16.9. The van der Waals surface area contributed by atoms with Gasteiger partial charge in [-0.15, -0.1) is 5.10 Å².